The van der Waals surface area contributed by atoms with Crippen LogP contribution in [0.15, 0.2) is 12.2 Å². The topological polar surface area (TPSA) is 120 Å². The van der Waals surface area contributed by atoms with Gasteiger partial charge in [0.05, 0.1) is 33.0 Å². The molecule has 0 fully saturated rings. The van der Waals surface area contributed by atoms with Crippen molar-refractivity contribution in [2.75, 3.05) is 52.7 Å². The van der Waals surface area contributed by atoms with E-state index in [9.17, 15) is 9.46 Å². The van der Waals surface area contributed by atoms with Gasteiger partial charge >= 0.3 is 7.82 Å². The van der Waals surface area contributed by atoms with Crippen molar-refractivity contribution in [3.63, 3.8) is 0 Å². The van der Waals surface area contributed by atoms with Crippen molar-refractivity contribution in [3.05, 3.63) is 12.2 Å². The first kappa shape index (κ1) is 48.8. The van der Waals surface area contributed by atoms with Crippen LogP contribution >= 0.6 is 7.82 Å². The van der Waals surface area contributed by atoms with E-state index in [1.165, 1.54) is 141 Å². The Morgan fingerprint density at radius 1 is 0.468 bits per heavy atom. The predicted molar refractivity (Wildman–Crippen MR) is 200 cm³/mol. The van der Waals surface area contributed by atoms with E-state index in [0.717, 1.165) is 25.7 Å². The van der Waals surface area contributed by atoms with Crippen LogP contribution in [0, 0.1) is 0 Å². The molecule has 0 heterocycles. The second kappa shape index (κ2) is 41.9. The van der Waals surface area contributed by atoms with Gasteiger partial charge < -0.3 is 20.2 Å². The summed E-state index contributed by atoms with van der Waals surface area (Å²) >= 11 is 0. The van der Waals surface area contributed by atoms with Crippen LogP contribution in [-0.2, 0) is 13.6 Å². The van der Waals surface area contributed by atoms with Crippen molar-refractivity contribution < 1.29 is 33.8 Å². The molecule has 47 heavy (non-hydrogen) atoms. The summed E-state index contributed by atoms with van der Waals surface area (Å²) in [5.41, 5.74) is 0. The van der Waals surface area contributed by atoms with Gasteiger partial charge in [0, 0.05) is 19.6 Å². The molecule has 0 aliphatic carbocycles. The fourth-order valence-electron chi connectivity index (χ4n) is 5.45. The first-order valence-corrected chi connectivity index (χ1v) is 21.3. The molecule has 0 saturated carbocycles. The molecule has 0 aromatic rings. The van der Waals surface area contributed by atoms with Crippen molar-refractivity contribution in [1.82, 2.24) is 4.90 Å². The van der Waals surface area contributed by atoms with E-state index in [1.54, 1.807) is 4.90 Å². The second-order valence-corrected chi connectivity index (χ2v) is 14.4. The summed E-state index contributed by atoms with van der Waals surface area (Å²) in [6.07, 6.45) is 37.4. The Morgan fingerprint density at radius 3 is 1.04 bits per heavy atom. The van der Waals surface area contributed by atoms with Gasteiger partial charge in [-0.15, -0.1) is 0 Å². The fraction of sp³-hybridized carbons (Fsp3) is 0.947. The molecule has 1 unspecified atom stereocenters. The van der Waals surface area contributed by atoms with Gasteiger partial charge in [-0.1, -0.05) is 154 Å². The van der Waals surface area contributed by atoms with Crippen LogP contribution in [0.4, 0.5) is 0 Å². The summed E-state index contributed by atoms with van der Waals surface area (Å²) in [7, 11) is -3.87. The van der Waals surface area contributed by atoms with E-state index in [-0.39, 0.29) is 19.8 Å². The van der Waals surface area contributed by atoms with E-state index in [1.807, 2.05) is 0 Å². The minimum atomic E-state index is -3.87. The van der Waals surface area contributed by atoms with Crippen molar-refractivity contribution in [3.8, 4) is 0 Å². The third-order valence-corrected chi connectivity index (χ3v) is 9.43. The van der Waals surface area contributed by atoms with Crippen LogP contribution < -0.4 is 0 Å². The number of phosphoric ester groups is 1. The molecule has 0 aliphatic rings. The molecule has 0 bridgehead atoms. The van der Waals surface area contributed by atoms with E-state index in [4.69, 9.17) is 24.4 Å². The Bertz CT molecular complexity index is 639. The number of aliphatic hydroxyl groups is 3. The van der Waals surface area contributed by atoms with Crippen LogP contribution in [0.2, 0.25) is 0 Å². The Morgan fingerprint density at radius 2 is 0.745 bits per heavy atom. The lowest BCUT2D eigenvalue weighted by molar-refractivity contribution is 0.136. The van der Waals surface area contributed by atoms with Gasteiger partial charge in [-0.2, -0.15) is 0 Å². The minimum Gasteiger partial charge on any atom is -0.395 e. The van der Waals surface area contributed by atoms with Gasteiger partial charge in [0.25, 0.3) is 0 Å². The Labute approximate surface area is 291 Å². The zero-order valence-electron chi connectivity index (χ0n) is 31.1. The third kappa shape index (κ3) is 43.7. The second-order valence-electron chi connectivity index (χ2n) is 13.0. The molecule has 4 N–H and O–H groups in total. The quantitative estimate of drug-likeness (QED) is 0.0288. The molecule has 0 amide bonds. The maximum atomic E-state index is 12.0. The van der Waals surface area contributed by atoms with Crippen LogP contribution in [-0.4, -0.2) is 77.8 Å². The summed E-state index contributed by atoms with van der Waals surface area (Å²) < 4.78 is 22.2. The molecule has 284 valence electrons. The van der Waals surface area contributed by atoms with Gasteiger partial charge in [-0.05, 0) is 38.5 Å². The minimum absolute atomic E-state index is 0.0694. The molecule has 0 rings (SSSR count). The van der Waals surface area contributed by atoms with Crippen molar-refractivity contribution in [1.29, 1.82) is 0 Å². The number of hydrogen-bond donors (Lipinski definition) is 4. The average molecular weight is 694 g/mol. The van der Waals surface area contributed by atoms with Crippen LogP contribution in [0.25, 0.3) is 0 Å². The Balaban J connectivity index is 0. The smallest absolute Gasteiger partial charge is 0.395 e. The summed E-state index contributed by atoms with van der Waals surface area (Å²) in [4.78, 5) is 11.6. The first-order valence-electron chi connectivity index (χ1n) is 19.8. The lowest BCUT2D eigenvalue weighted by Crippen LogP contribution is -2.32. The number of nitrogens with zero attached hydrogens (tertiary/aromatic N) is 1. The van der Waals surface area contributed by atoms with Gasteiger partial charge in [-0.25, -0.2) is 4.57 Å². The zero-order valence-corrected chi connectivity index (χ0v) is 32.0. The van der Waals surface area contributed by atoms with Crippen molar-refractivity contribution >= 4 is 7.82 Å². The summed E-state index contributed by atoms with van der Waals surface area (Å²) in [5, 5.41) is 25.5. The van der Waals surface area contributed by atoms with E-state index >= 15 is 0 Å². The van der Waals surface area contributed by atoms with E-state index in [2.05, 4.69) is 26.0 Å². The number of unbranched alkanes of at least 4 members (excludes halogenated alkanes) is 23. The molecule has 9 heteroatoms. The summed E-state index contributed by atoms with van der Waals surface area (Å²) in [6.45, 7) is 6.91. The highest BCUT2D eigenvalue weighted by molar-refractivity contribution is 7.47. The van der Waals surface area contributed by atoms with Gasteiger partial charge in [0.15, 0.2) is 0 Å². The van der Waals surface area contributed by atoms with Gasteiger partial charge in [0.1, 0.15) is 0 Å². The van der Waals surface area contributed by atoms with Gasteiger partial charge in [0.2, 0.25) is 0 Å². The Kier molecular flexibility index (Phi) is 43.5. The molecule has 0 radical (unpaired) electrons. The highest BCUT2D eigenvalue weighted by atomic mass is 31.2. The third-order valence-electron chi connectivity index (χ3n) is 8.41. The number of phosphoric acid groups is 1. The predicted octanol–water partition coefficient (Wildman–Crippen LogP) is 10.1. The normalized spacial score (nSPS) is 12.9. The van der Waals surface area contributed by atoms with Crippen molar-refractivity contribution in [2.45, 2.75) is 181 Å². The maximum Gasteiger partial charge on any atom is 0.472 e. The number of hydrogen-bond acceptors (Lipinski definition) is 7. The monoisotopic (exact) mass is 694 g/mol. The largest absolute Gasteiger partial charge is 0.472 e. The Hall–Kier alpha value is -0.310. The maximum absolute atomic E-state index is 12.0. The SMILES string of the molecule is CCCCCCCC/C=C/CCCCCCCCOP(=O)(O)OCCCCCCCCCCCCCC.OCCN(CCO)CCO. The highest BCUT2D eigenvalue weighted by Crippen LogP contribution is 2.43. The number of rotatable bonds is 37. The molecule has 0 aromatic carbocycles. The molecule has 0 saturated heterocycles. The molecule has 1 atom stereocenters. The molecular weight excluding hydrogens is 613 g/mol. The van der Waals surface area contributed by atoms with E-state index in [0.29, 0.717) is 32.8 Å². The molecule has 0 aliphatic heterocycles. The summed E-state index contributed by atoms with van der Waals surface area (Å²) in [5.74, 6) is 0. The molecule has 0 aromatic heterocycles. The number of aliphatic hydroxyl groups excluding tert-OH is 3. The lowest BCUT2D eigenvalue weighted by atomic mass is 10.1. The number of allylic oxidation sites excluding steroid dienone is 2. The van der Waals surface area contributed by atoms with Crippen LogP contribution in [0.1, 0.15) is 181 Å². The van der Waals surface area contributed by atoms with Crippen molar-refractivity contribution in [2.24, 2.45) is 0 Å². The van der Waals surface area contributed by atoms with Crippen LogP contribution in [0.3, 0.4) is 0 Å². The zero-order chi connectivity index (χ0) is 34.9. The van der Waals surface area contributed by atoms with E-state index < -0.39 is 7.82 Å². The first-order chi connectivity index (χ1) is 23.0. The lowest BCUT2D eigenvalue weighted by Gasteiger charge is -2.17. The fourth-order valence-corrected chi connectivity index (χ4v) is 6.24. The molecule has 8 nitrogen and oxygen atoms in total. The van der Waals surface area contributed by atoms with Gasteiger partial charge in [-0.3, -0.25) is 13.9 Å². The molecular formula is C38H80NO7P. The summed E-state index contributed by atoms with van der Waals surface area (Å²) in [6, 6.07) is 0. The average Bonchev–Trinajstić information content (AvgIpc) is 3.05. The highest BCUT2D eigenvalue weighted by Gasteiger charge is 2.19. The van der Waals surface area contributed by atoms with Crippen LogP contribution in [0.5, 0.6) is 0 Å². The molecule has 0 spiro atoms. The standard InChI is InChI=1S/C32H65O4P.C6H15NO3/c1-3-5-7-9-11-13-15-17-18-19-20-22-24-26-28-30-32-36-37(33,34)35-31-29-27-25-23-21-16-14-12-10-8-6-4-2;8-4-1-7(2-5-9)3-6-10/h17-18H,3-16,19-32H2,1-2H3,(H,33,34);8-10H,1-6H2/b18-17+;.